The first-order valence-electron chi connectivity index (χ1n) is 7.89. The molecule has 2 heterocycles. The van der Waals surface area contributed by atoms with Gasteiger partial charge in [-0.15, -0.1) is 0 Å². The Balaban J connectivity index is 1.95. The lowest BCUT2D eigenvalue weighted by Gasteiger charge is -2.43. The van der Waals surface area contributed by atoms with Crippen molar-refractivity contribution >= 4 is 0 Å². The lowest BCUT2D eigenvalue weighted by Crippen LogP contribution is -2.65. The van der Waals surface area contributed by atoms with Crippen molar-refractivity contribution < 1.29 is 9.84 Å². The van der Waals surface area contributed by atoms with Gasteiger partial charge < -0.3 is 20.5 Å². The Kier molecular flexibility index (Phi) is 5.42. The van der Waals surface area contributed by atoms with Gasteiger partial charge in [-0.3, -0.25) is 4.90 Å². The molecule has 0 aliphatic carbocycles. The summed E-state index contributed by atoms with van der Waals surface area (Å²) in [6.45, 7) is 12.9. The Morgan fingerprint density at radius 3 is 2.70 bits per heavy atom. The molecule has 3 N–H and O–H groups in total. The van der Waals surface area contributed by atoms with Crippen LogP contribution in [0, 0.1) is 0 Å². The number of hydrogen-bond donors (Lipinski definition) is 3. The number of aliphatic hydroxyl groups is 1. The minimum Gasteiger partial charge on any atom is -0.390 e. The van der Waals surface area contributed by atoms with Crippen LogP contribution in [0.5, 0.6) is 0 Å². The normalized spacial score (nSPS) is 37.0. The van der Waals surface area contributed by atoms with E-state index >= 15 is 0 Å². The van der Waals surface area contributed by atoms with Crippen molar-refractivity contribution in [2.24, 2.45) is 0 Å². The molecule has 2 saturated heterocycles. The highest BCUT2D eigenvalue weighted by molar-refractivity contribution is 4.95. The number of piperazine rings is 1. The van der Waals surface area contributed by atoms with Gasteiger partial charge in [0.1, 0.15) is 0 Å². The first-order chi connectivity index (χ1) is 9.35. The van der Waals surface area contributed by atoms with Crippen LogP contribution in [0.2, 0.25) is 0 Å². The zero-order chi connectivity index (χ0) is 14.8. The molecule has 5 heteroatoms. The summed E-state index contributed by atoms with van der Waals surface area (Å²) in [5, 5.41) is 17.4. The van der Waals surface area contributed by atoms with Crippen LogP contribution < -0.4 is 10.6 Å². The molecule has 0 aromatic rings. The fraction of sp³-hybridized carbons (Fsp3) is 1.00. The summed E-state index contributed by atoms with van der Waals surface area (Å²) in [7, 11) is 0. The molecule has 0 aromatic heterocycles. The second kappa shape index (κ2) is 6.71. The van der Waals surface area contributed by atoms with Crippen LogP contribution >= 0.6 is 0 Å². The maximum Gasteiger partial charge on any atom is 0.0619 e. The average molecular weight is 285 g/mol. The Hall–Kier alpha value is -0.200. The SMILES string of the molecule is CC1CNC(CN2CCOCC2C)C(CC(C)(C)O)N1. The van der Waals surface area contributed by atoms with Crippen LogP contribution in [0.25, 0.3) is 0 Å². The second-order valence-electron chi connectivity index (χ2n) is 7.12. The lowest BCUT2D eigenvalue weighted by atomic mass is 9.91. The highest BCUT2D eigenvalue weighted by Crippen LogP contribution is 2.18. The maximum atomic E-state index is 10.1. The molecule has 0 radical (unpaired) electrons. The van der Waals surface area contributed by atoms with E-state index < -0.39 is 5.60 Å². The van der Waals surface area contributed by atoms with Crippen LogP contribution in [0.3, 0.4) is 0 Å². The summed E-state index contributed by atoms with van der Waals surface area (Å²) >= 11 is 0. The molecule has 4 atom stereocenters. The molecule has 0 bridgehead atoms. The van der Waals surface area contributed by atoms with Gasteiger partial charge in [0.05, 0.1) is 18.8 Å². The van der Waals surface area contributed by atoms with E-state index in [0.29, 0.717) is 24.2 Å². The Bertz CT molecular complexity index is 306. The van der Waals surface area contributed by atoms with Gasteiger partial charge in [-0.05, 0) is 34.1 Å². The van der Waals surface area contributed by atoms with Crippen molar-refractivity contribution in [1.29, 1.82) is 0 Å². The molecule has 4 unspecified atom stereocenters. The number of hydrogen-bond acceptors (Lipinski definition) is 5. The molecule has 20 heavy (non-hydrogen) atoms. The van der Waals surface area contributed by atoms with E-state index in [1.54, 1.807) is 0 Å². The molecule has 2 aliphatic rings. The van der Waals surface area contributed by atoms with E-state index in [-0.39, 0.29) is 0 Å². The summed E-state index contributed by atoms with van der Waals surface area (Å²) in [5.41, 5.74) is -0.634. The van der Waals surface area contributed by atoms with Crippen LogP contribution in [-0.4, -0.2) is 72.6 Å². The molecule has 0 spiro atoms. The van der Waals surface area contributed by atoms with Gasteiger partial charge in [0, 0.05) is 43.8 Å². The first-order valence-corrected chi connectivity index (χ1v) is 7.89. The molecular weight excluding hydrogens is 254 g/mol. The van der Waals surface area contributed by atoms with Crippen molar-refractivity contribution in [3.63, 3.8) is 0 Å². The van der Waals surface area contributed by atoms with E-state index in [0.717, 1.165) is 39.3 Å². The number of nitrogens with one attached hydrogen (secondary N) is 2. The van der Waals surface area contributed by atoms with Gasteiger partial charge in [0.25, 0.3) is 0 Å². The van der Waals surface area contributed by atoms with Crippen molar-refractivity contribution in [3.05, 3.63) is 0 Å². The Morgan fingerprint density at radius 1 is 1.30 bits per heavy atom. The monoisotopic (exact) mass is 285 g/mol. The largest absolute Gasteiger partial charge is 0.390 e. The average Bonchev–Trinajstić information content (AvgIpc) is 2.33. The molecule has 2 rings (SSSR count). The molecule has 2 aliphatic heterocycles. The highest BCUT2D eigenvalue weighted by Gasteiger charge is 2.34. The van der Waals surface area contributed by atoms with E-state index in [4.69, 9.17) is 4.74 Å². The molecule has 2 fully saturated rings. The zero-order valence-corrected chi connectivity index (χ0v) is 13.4. The molecular formula is C15H31N3O2. The van der Waals surface area contributed by atoms with Crippen LogP contribution in [0.1, 0.15) is 34.1 Å². The molecule has 118 valence electrons. The molecule has 0 amide bonds. The predicted molar refractivity (Wildman–Crippen MR) is 80.9 cm³/mol. The highest BCUT2D eigenvalue weighted by atomic mass is 16.5. The summed E-state index contributed by atoms with van der Waals surface area (Å²) < 4.78 is 5.51. The van der Waals surface area contributed by atoms with Crippen LogP contribution in [0.15, 0.2) is 0 Å². The van der Waals surface area contributed by atoms with E-state index in [1.165, 1.54) is 0 Å². The standard InChI is InChI=1S/C15H31N3O2/c1-11-8-16-14(13(17-11)7-15(3,4)19)9-18-5-6-20-10-12(18)2/h11-14,16-17,19H,5-10H2,1-4H3. The third-order valence-corrected chi connectivity index (χ3v) is 4.33. The lowest BCUT2D eigenvalue weighted by molar-refractivity contribution is -0.0123. The Morgan fingerprint density at radius 2 is 2.05 bits per heavy atom. The fourth-order valence-corrected chi connectivity index (χ4v) is 3.23. The second-order valence-corrected chi connectivity index (χ2v) is 7.12. The molecule has 5 nitrogen and oxygen atoms in total. The van der Waals surface area contributed by atoms with Crippen molar-refractivity contribution in [3.8, 4) is 0 Å². The third-order valence-electron chi connectivity index (χ3n) is 4.33. The maximum absolute atomic E-state index is 10.1. The quantitative estimate of drug-likeness (QED) is 0.688. The summed E-state index contributed by atoms with van der Waals surface area (Å²) in [6.07, 6.45) is 0.772. The topological polar surface area (TPSA) is 56.8 Å². The van der Waals surface area contributed by atoms with Crippen LogP contribution in [-0.2, 0) is 4.74 Å². The number of rotatable bonds is 4. The van der Waals surface area contributed by atoms with Crippen molar-refractivity contribution in [1.82, 2.24) is 15.5 Å². The smallest absolute Gasteiger partial charge is 0.0619 e. The van der Waals surface area contributed by atoms with Gasteiger partial charge in [0.15, 0.2) is 0 Å². The zero-order valence-electron chi connectivity index (χ0n) is 13.4. The van der Waals surface area contributed by atoms with Gasteiger partial charge in [-0.25, -0.2) is 0 Å². The summed E-state index contributed by atoms with van der Waals surface area (Å²) in [4.78, 5) is 2.50. The molecule has 0 saturated carbocycles. The van der Waals surface area contributed by atoms with E-state index in [9.17, 15) is 5.11 Å². The Labute approximate surface area is 123 Å². The van der Waals surface area contributed by atoms with E-state index in [1.807, 2.05) is 13.8 Å². The van der Waals surface area contributed by atoms with Gasteiger partial charge >= 0.3 is 0 Å². The minimum absolute atomic E-state index is 0.314. The number of nitrogens with zero attached hydrogens (tertiary/aromatic N) is 1. The third kappa shape index (κ3) is 4.67. The minimum atomic E-state index is -0.634. The summed E-state index contributed by atoms with van der Waals surface area (Å²) in [6, 6.07) is 1.64. The summed E-state index contributed by atoms with van der Waals surface area (Å²) in [5.74, 6) is 0. The van der Waals surface area contributed by atoms with E-state index in [2.05, 4.69) is 29.4 Å². The fourth-order valence-electron chi connectivity index (χ4n) is 3.23. The number of ether oxygens (including phenoxy) is 1. The van der Waals surface area contributed by atoms with Crippen molar-refractivity contribution in [2.45, 2.75) is 63.9 Å². The molecule has 0 aromatic carbocycles. The first kappa shape index (κ1) is 16.2. The van der Waals surface area contributed by atoms with Gasteiger partial charge in [-0.2, -0.15) is 0 Å². The van der Waals surface area contributed by atoms with Gasteiger partial charge in [-0.1, -0.05) is 0 Å². The number of morpholine rings is 1. The predicted octanol–water partition coefficient (Wildman–Crippen LogP) is 0.187. The van der Waals surface area contributed by atoms with Crippen LogP contribution in [0.4, 0.5) is 0 Å². The van der Waals surface area contributed by atoms with Gasteiger partial charge in [0.2, 0.25) is 0 Å². The van der Waals surface area contributed by atoms with Crippen molar-refractivity contribution in [2.75, 3.05) is 32.8 Å².